The van der Waals surface area contributed by atoms with Gasteiger partial charge in [0.05, 0.1) is 46.5 Å². The Bertz CT molecular complexity index is 1270. The lowest BCUT2D eigenvalue weighted by Crippen LogP contribution is -2.26. The van der Waals surface area contributed by atoms with Crippen LogP contribution in [0.4, 0.5) is 15.8 Å². The Kier molecular flexibility index (Phi) is 7.78. The smallest absolute Gasteiger partial charge is 0.277 e. The number of nitrogens with one attached hydrogen (secondary N) is 2. The van der Waals surface area contributed by atoms with Gasteiger partial charge in [-0.3, -0.25) is 9.63 Å². The highest BCUT2D eigenvalue weighted by Gasteiger charge is 2.25. The number of nitrogens with zero attached hydrogens (tertiary/aromatic N) is 3. The van der Waals surface area contributed by atoms with Gasteiger partial charge in [0, 0.05) is 24.1 Å². The fourth-order valence-electron chi connectivity index (χ4n) is 4.41. The summed E-state index contributed by atoms with van der Waals surface area (Å²) in [6.07, 6.45) is 5.09. The first-order valence-corrected chi connectivity index (χ1v) is 13.3. The molecule has 0 bridgehead atoms. The van der Waals surface area contributed by atoms with Crippen molar-refractivity contribution in [2.45, 2.75) is 38.3 Å². The molecule has 1 aliphatic carbocycles. The highest BCUT2D eigenvalue weighted by atomic mass is 79.9. The van der Waals surface area contributed by atoms with Gasteiger partial charge < -0.3 is 19.9 Å². The molecule has 1 amide bonds. The molecule has 2 heterocycles. The Labute approximate surface area is 221 Å². The minimum Gasteiger partial charge on any atom is -0.392 e. The quantitative estimate of drug-likeness (QED) is 0.297. The van der Waals surface area contributed by atoms with E-state index in [1.807, 2.05) is 4.57 Å². The number of halogens is 3. The molecule has 1 saturated heterocycles. The van der Waals surface area contributed by atoms with Gasteiger partial charge in [-0.05, 0) is 62.4 Å². The Morgan fingerprint density at radius 1 is 1.28 bits per heavy atom. The predicted octanol–water partition coefficient (Wildman–Crippen LogP) is 4.86. The summed E-state index contributed by atoms with van der Waals surface area (Å²) in [5.41, 5.74) is 3.68. The van der Waals surface area contributed by atoms with Gasteiger partial charge in [-0.1, -0.05) is 27.5 Å². The first-order chi connectivity index (χ1) is 17.4. The standard InChI is InChI=1S/C25H28BrClFN5O3/c26-16-4-5-20(19(27)10-16)30-23-18(25(35)31-36-13-15-2-3-15)11-21-24(22(23)28)29-14-33(21)8-1-7-32-9-6-17(34)12-32/h4-5,10-11,14-15,17,30,34H,1-3,6-9,12-13H2,(H,31,35). The maximum absolute atomic E-state index is 15.8. The lowest BCUT2D eigenvalue weighted by molar-refractivity contribution is 0.0271. The van der Waals surface area contributed by atoms with E-state index in [4.69, 9.17) is 16.4 Å². The summed E-state index contributed by atoms with van der Waals surface area (Å²) in [4.78, 5) is 25.0. The summed E-state index contributed by atoms with van der Waals surface area (Å²) >= 11 is 9.72. The fourth-order valence-corrected chi connectivity index (χ4v) is 5.13. The molecule has 1 unspecified atom stereocenters. The van der Waals surface area contributed by atoms with Gasteiger partial charge in [-0.25, -0.2) is 14.9 Å². The summed E-state index contributed by atoms with van der Waals surface area (Å²) < 4.78 is 18.5. The first-order valence-electron chi connectivity index (χ1n) is 12.1. The van der Waals surface area contributed by atoms with Gasteiger partial charge >= 0.3 is 0 Å². The van der Waals surface area contributed by atoms with Gasteiger partial charge in [0.25, 0.3) is 5.91 Å². The van der Waals surface area contributed by atoms with Crippen molar-refractivity contribution in [2.24, 2.45) is 5.92 Å². The molecule has 0 radical (unpaired) electrons. The molecule has 0 spiro atoms. The molecule has 2 fully saturated rings. The molecule has 1 atom stereocenters. The van der Waals surface area contributed by atoms with E-state index in [0.29, 0.717) is 41.8 Å². The number of carbonyl (C=O) groups is 1. The lowest BCUT2D eigenvalue weighted by atomic mass is 10.1. The van der Waals surface area contributed by atoms with Crippen molar-refractivity contribution < 1.29 is 19.1 Å². The molecule has 11 heteroatoms. The largest absolute Gasteiger partial charge is 0.392 e. The van der Waals surface area contributed by atoms with Crippen LogP contribution in [-0.2, 0) is 11.4 Å². The molecule has 8 nitrogen and oxygen atoms in total. The molecular formula is C25H28BrClFN5O3. The van der Waals surface area contributed by atoms with Gasteiger partial charge in [0.1, 0.15) is 5.52 Å². The number of hydrogen-bond donors (Lipinski definition) is 3. The van der Waals surface area contributed by atoms with E-state index in [9.17, 15) is 9.90 Å². The van der Waals surface area contributed by atoms with Crippen LogP contribution in [0.25, 0.3) is 11.0 Å². The van der Waals surface area contributed by atoms with Gasteiger partial charge in [-0.15, -0.1) is 0 Å². The highest BCUT2D eigenvalue weighted by molar-refractivity contribution is 9.10. The minimum atomic E-state index is -0.639. The van der Waals surface area contributed by atoms with E-state index >= 15 is 4.39 Å². The van der Waals surface area contributed by atoms with Gasteiger partial charge in [0.2, 0.25) is 0 Å². The predicted molar refractivity (Wildman–Crippen MR) is 140 cm³/mol. The van der Waals surface area contributed by atoms with E-state index in [-0.39, 0.29) is 22.9 Å². The number of amides is 1. The van der Waals surface area contributed by atoms with E-state index in [1.165, 1.54) is 0 Å². The summed E-state index contributed by atoms with van der Waals surface area (Å²) in [6, 6.07) is 6.80. The Balaban J connectivity index is 1.42. The zero-order valence-corrected chi connectivity index (χ0v) is 22.0. The summed E-state index contributed by atoms with van der Waals surface area (Å²) in [5.74, 6) is -0.729. The van der Waals surface area contributed by atoms with E-state index in [1.54, 1.807) is 30.6 Å². The number of aryl methyl sites for hydroxylation is 1. The Morgan fingerprint density at radius 2 is 2.11 bits per heavy atom. The van der Waals surface area contributed by atoms with E-state index in [0.717, 1.165) is 43.2 Å². The number of carbonyl (C=O) groups excluding carboxylic acids is 1. The van der Waals surface area contributed by atoms with Crippen molar-refractivity contribution in [1.29, 1.82) is 0 Å². The van der Waals surface area contributed by atoms with Crippen LogP contribution in [0.1, 0.15) is 36.0 Å². The van der Waals surface area contributed by atoms with Crippen LogP contribution in [-0.4, -0.2) is 57.8 Å². The van der Waals surface area contributed by atoms with Gasteiger partial charge in [0.15, 0.2) is 5.82 Å². The third-order valence-corrected chi connectivity index (χ3v) is 7.40. The van der Waals surface area contributed by atoms with Crippen LogP contribution in [0, 0.1) is 11.7 Å². The highest BCUT2D eigenvalue weighted by Crippen LogP contribution is 2.34. The number of anilines is 2. The number of aliphatic hydroxyl groups is 1. The number of aromatic nitrogens is 2. The molecular weight excluding hydrogens is 553 g/mol. The van der Waals surface area contributed by atoms with Crippen molar-refractivity contribution in [3.05, 3.63) is 51.5 Å². The van der Waals surface area contributed by atoms with Crippen molar-refractivity contribution in [2.75, 3.05) is 31.6 Å². The lowest BCUT2D eigenvalue weighted by Gasteiger charge is -2.16. The van der Waals surface area contributed by atoms with Crippen LogP contribution in [0.3, 0.4) is 0 Å². The maximum atomic E-state index is 15.8. The second kappa shape index (κ2) is 11.0. The summed E-state index contributed by atoms with van der Waals surface area (Å²) in [5, 5.41) is 13.1. The number of fused-ring (bicyclic) bond motifs is 1. The van der Waals surface area contributed by atoms with Crippen LogP contribution in [0.2, 0.25) is 5.02 Å². The van der Waals surface area contributed by atoms with Crippen LogP contribution in [0.5, 0.6) is 0 Å². The third-order valence-electron chi connectivity index (χ3n) is 6.59. The summed E-state index contributed by atoms with van der Waals surface area (Å²) in [7, 11) is 0. The molecule has 36 heavy (non-hydrogen) atoms. The Hall–Kier alpha value is -2.24. The molecule has 3 N–H and O–H groups in total. The fraction of sp³-hybridized carbons (Fsp3) is 0.440. The van der Waals surface area contributed by atoms with Crippen LogP contribution >= 0.6 is 27.5 Å². The maximum Gasteiger partial charge on any atom is 0.277 e. The molecule has 3 aromatic rings. The monoisotopic (exact) mass is 579 g/mol. The molecule has 2 aromatic carbocycles. The number of hydroxylamine groups is 1. The Morgan fingerprint density at radius 3 is 2.83 bits per heavy atom. The minimum absolute atomic E-state index is 0.0180. The van der Waals surface area contributed by atoms with Crippen molar-refractivity contribution in [3.8, 4) is 0 Å². The van der Waals surface area contributed by atoms with Gasteiger partial charge in [-0.2, -0.15) is 0 Å². The molecule has 1 aromatic heterocycles. The average molecular weight is 581 g/mol. The SMILES string of the molecule is O=C(NOCC1CC1)c1cc2c(ncn2CCCN2CCC(O)C2)c(F)c1Nc1ccc(Br)cc1Cl. The number of benzene rings is 2. The average Bonchev–Trinajstić information content (AvgIpc) is 3.44. The number of imidazole rings is 1. The first kappa shape index (κ1) is 25.4. The van der Waals surface area contributed by atoms with E-state index in [2.05, 4.69) is 36.6 Å². The van der Waals surface area contributed by atoms with E-state index < -0.39 is 11.7 Å². The normalized spacial score (nSPS) is 18.2. The molecule has 2 aliphatic rings. The van der Waals surface area contributed by atoms with Crippen molar-refractivity contribution in [3.63, 3.8) is 0 Å². The number of aliphatic hydroxyl groups excluding tert-OH is 1. The topological polar surface area (TPSA) is 91.7 Å². The van der Waals surface area contributed by atoms with Crippen LogP contribution in [0.15, 0.2) is 35.1 Å². The van der Waals surface area contributed by atoms with Crippen molar-refractivity contribution >= 4 is 55.8 Å². The summed E-state index contributed by atoms with van der Waals surface area (Å²) in [6.45, 7) is 3.41. The number of rotatable bonds is 10. The molecule has 192 valence electrons. The van der Waals surface area contributed by atoms with Crippen LogP contribution < -0.4 is 10.8 Å². The molecule has 5 rings (SSSR count). The molecule has 1 aliphatic heterocycles. The third kappa shape index (κ3) is 5.84. The number of likely N-dealkylation sites (tertiary alicyclic amines) is 1. The molecule has 1 saturated carbocycles. The second-order valence-electron chi connectivity index (χ2n) is 9.45. The van der Waals surface area contributed by atoms with Crippen molar-refractivity contribution in [1.82, 2.24) is 19.9 Å². The second-order valence-corrected chi connectivity index (χ2v) is 10.8. The number of hydrogen-bond acceptors (Lipinski definition) is 6. The number of β-amino-alcohol motifs (C(OH)–C–C–N with tert-alkyl or cyclic N) is 1. The zero-order chi connectivity index (χ0) is 25.2. The zero-order valence-electron chi connectivity index (χ0n) is 19.6.